The molecule has 2 aliphatic rings. The molecule has 0 bridgehead atoms. The predicted molar refractivity (Wildman–Crippen MR) is 169 cm³/mol. The maximum Gasteiger partial charge on any atom is 0.321 e. The van der Waals surface area contributed by atoms with Gasteiger partial charge in [0.1, 0.15) is 30.8 Å². The van der Waals surface area contributed by atoms with Gasteiger partial charge in [0.05, 0.1) is 12.7 Å². The monoisotopic (exact) mass is 588 g/mol. The number of benzene rings is 4. The van der Waals surface area contributed by atoms with Crippen LogP contribution in [-0.4, -0.2) is 39.8 Å². The van der Waals surface area contributed by atoms with Crippen molar-refractivity contribution in [3.63, 3.8) is 0 Å². The van der Waals surface area contributed by atoms with Crippen molar-refractivity contribution in [1.29, 1.82) is 0 Å². The van der Waals surface area contributed by atoms with Gasteiger partial charge >= 0.3 is 5.97 Å². The van der Waals surface area contributed by atoms with E-state index in [4.69, 9.17) is 16.0 Å². The zero-order chi connectivity index (χ0) is 30.6. The van der Waals surface area contributed by atoms with Crippen molar-refractivity contribution in [3.8, 4) is 22.6 Å². The third-order valence-electron chi connectivity index (χ3n) is 8.81. The van der Waals surface area contributed by atoms with E-state index in [9.17, 15) is 15.0 Å². The molecule has 0 aromatic heterocycles. The van der Waals surface area contributed by atoms with Crippen LogP contribution in [0.25, 0.3) is 16.0 Å². The minimum absolute atomic E-state index is 0.208. The molecule has 0 unspecified atom stereocenters. The van der Waals surface area contributed by atoms with Gasteiger partial charge in [-0.05, 0) is 71.2 Å². The number of aliphatic hydroxyl groups excluding tert-OH is 1. The van der Waals surface area contributed by atoms with Crippen LogP contribution in [-0.2, 0) is 37.4 Å². The van der Waals surface area contributed by atoms with E-state index in [0.29, 0.717) is 31.1 Å². The zero-order valence-electron chi connectivity index (χ0n) is 24.8. The van der Waals surface area contributed by atoms with Crippen LogP contribution in [0.3, 0.4) is 0 Å². The lowest BCUT2D eigenvalue weighted by Gasteiger charge is -2.25. The number of likely N-dealkylation sites (tertiary alicyclic amines) is 1. The number of aliphatic hydroxyl groups is 1. The highest BCUT2D eigenvalue weighted by atomic mass is 16.5. The molecule has 1 aliphatic heterocycles. The smallest absolute Gasteiger partial charge is 0.321 e. The van der Waals surface area contributed by atoms with Gasteiger partial charge in [-0.1, -0.05) is 66.7 Å². The standard InChI is InChI=1S/C37H36N2O5/c1-24-27(12-7-14-30(24)26-10-4-3-5-11-26)23-44-35-19-36(43-22-25-9-6-13-28(17-25)38-2)33(31-15-8-16-32(31)35)21-39-20-29(40)18-34(39)37(41)42/h3-7,9-14,17,19,29,34,40H,8,15-16,18,20-23H2,1H3,(H,41,42)/t29-,34+/m1/s1. The number of rotatable bonds is 10. The Balaban J connectivity index is 1.33. The Labute approximate surface area is 258 Å². The molecule has 6 rings (SSSR count). The summed E-state index contributed by atoms with van der Waals surface area (Å²) in [5.41, 5.74) is 9.30. The summed E-state index contributed by atoms with van der Waals surface area (Å²) in [5, 5.41) is 20.2. The fourth-order valence-corrected chi connectivity index (χ4v) is 6.54. The van der Waals surface area contributed by atoms with E-state index in [1.165, 1.54) is 16.7 Å². The molecule has 1 fully saturated rings. The fourth-order valence-electron chi connectivity index (χ4n) is 6.54. The molecule has 4 aromatic carbocycles. The Morgan fingerprint density at radius 3 is 2.52 bits per heavy atom. The third-order valence-corrected chi connectivity index (χ3v) is 8.81. The van der Waals surface area contributed by atoms with Crippen molar-refractivity contribution in [2.75, 3.05) is 6.54 Å². The Kier molecular flexibility index (Phi) is 8.65. The van der Waals surface area contributed by atoms with Crippen LogP contribution in [0.1, 0.15) is 46.2 Å². The summed E-state index contributed by atoms with van der Waals surface area (Å²) in [5.74, 6) is 0.505. The lowest BCUT2D eigenvalue weighted by molar-refractivity contribution is -0.142. The van der Waals surface area contributed by atoms with Gasteiger partial charge in [0.2, 0.25) is 0 Å². The van der Waals surface area contributed by atoms with Crippen LogP contribution in [0.2, 0.25) is 0 Å². The SMILES string of the molecule is [C-]#[N+]c1cccc(COc2cc(OCc3cccc(-c4ccccc4)c3C)c3c(c2CN2C[C@H](O)C[C@H]2C(=O)O)CCC3)c1. The van der Waals surface area contributed by atoms with Crippen molar-refractivity contribution >= 4 is 11.7 Å². The van der Waals surface area contributed by atoms with Gasteiger partial charge in [0.15, 0.2) is 5.69 Å². The largest absolute Gasteiger partial charge is 0.488 e. The van der Waals surface area contributed by atoms with E-state index in [1.54, 1.807) is 6.07 Å². The van der Waals surface area contributed by atoms with Crippen molar-refractivity contribution < 1.29 is 24.5 Å². The summed E-state index contributed by atoms with van der Waals surface area (Å²) in [4.78, 5) is 17.4. The van der Waals surface area contributed by atoms with Crippen LogP contribution in [0.4, 0.5) is 5.69 Å². The second kappa shape index (κ2) is 12.9. The fraction of sp³-hybridized carbons (Fsp3) is 0.297. The number of hydrogen-bond acceptors (Lipinski definition) is 5. The zero-order valence-corrected chi connectivity index (χ0v) is 24.8. The predicted octanol–water partition coefficient (Wildman–Crippen LogP) is 6.88. The third kappa shape index (κ3) is 6.19. The van der Waals surface area contributed by atoms with Crippen molar-refractivity contribution in [1.82, 2.24) is 4.90 Å². The van der Waals surface area contributed by atoms with E-state index in [-0.39, 0.29) is 13.0 Å². The number of carboxylic acid groups (broad SMARTS) is 1. The first-order valence-corrected chi connectivity index (χ1v) is 15.1. The number of carboxylic acids is 1. The first kappa shape index (κ1) is 29.4. The second-order valence-corrected chi connectivity index (χ2v) is 11.6. The van der Waals surface area contributed by atoms with Crippen LogP contribution in [0.15, 0.2) is 78.9 Å². The quantitative estimate of drug-likeness (QED) is 0.197. The van der Waals surface area contributed by atoms with Gasteiger partial charge in [-0.15, -0.1) is 0 Å². The molecular weight excluding hydrogens is 552 g/mol. The lowest BCUT2D eigenvalue weighted by Crippen LogP contribution is -2.35. The Morgan fingerprint density at radius 1 is 0.955 bits per heavy atom. The van der Waals surface area contributed by atoms with Crippen molar-refractivity contribution in [2.24, 2.45) is 0 Å². The van der Waals surface area contributed by atoms with Crippen LogP contribution < -0.4 is 9.47 Å². The molecule has 2 N–H and O–H groups in total. The molecule has 4 aromatic rings. The molecule has 0 amide bonds. The molecule has 0 spiro atoms. The first-order chi connectivity index (χ1) is 21.4. The molecule has 1 heterocycles. The summed E-state index contributed by atoms with van der Waals surface area (Å²) in [6, 6.07) is 25.2. The molecule has 44 heavy (non-hydrogen) atoms. The van der Waals surface area contributed by atoms with E-state index in [1.807, 2.05) is 47.4 Å². The number of hydrogen-bond donors (Lipinski definition) is 2. The van der Waals surface area contributed by atoms with Crippen LogP contribution >= 0.6 is 0 Å². The number of nitrogens with zero attached hydrogens (tertiary/aromatic N) is 2. The van der Waals surface area contributed by atoms with Crippen LogP contribution in [0, 0.1) is 13.5 Å². The molecule has 1 aliphatic carbocycles. The average molecular weight is 589 g/mol. The number of aliphatic carboxylic acids is 1. The molecule has 7 heteroatoms. The minimum Gasteiger partial charge on any atom is -0.488 e. The summed E-state index contributed by atoms with van der Waals surface area (Å²) in [7, 11) is 0. The minimum atomic E-state index is -0.926. The van der Waals surface area contributed by atoms with Gasteiger partial charge in [0, 0.05) is 31.1 Å². The number of ether oxygens (including phenoxy) is 2. The van der Waals surface area contributed by atoms with Gasteiger partial charge in [-0.3, -0.25) is 9.69 Å². The molecule has 1 saturated heterocycles. The summed E-state index contributed by atoms with van der Waals surface area (Å²) >= 11 is 0. The summed E-state index contributed by atoms with van der Waals surface area (Å²) < 4.78 is 13.0. The number of β-amino-alcohol motifs (C(OH)–C–C–N with tert-alkyl or cyclic N) is 1. The summed E-state index contributed by atoms with van der Waals surface area (Å²) in [6.07, 6.45) is 2.23. The van der Waals surface area contributed by atoms with Gasteiger partial charge in [-0.2, -0.15) is 0 Å². The van der Waals surface area contributed by atoms with Crippen LogP contribution in [0.5, 0.6) is 11.5 Å². The van der Waals surface area contributed by atoms with Gasteiger partial charge < -0.3 is 19.7 Å². The van der Waals surface area contributed by atoms with Gasteiger partial charge in [0.25, 0.3) is 0 Å². The Hall–Kier alpha value is -4.64. The molecular formula is C37H36N2O5. The van der Waals surface area contributed by atoms with E-state index in [2.05, 4.69) is 42.1 Å². The lowest BCUT2D eigenvalue weighted by atomic mass is 9.97. The first-order valence-electron chi connectivity index (χ1n) is 15.1. The highest BCUT2D eigenvalue weighted by Gasteiger charge is 2.37. The number of fused-ring (bicyclic) bond motifs is 1. The van der Waals surface area contributed by atoms with Crippen molar-refractivity contribution in [2.45, 2.75) is 64.5 Å². The molecule has 0 saturated carbocycles. The van der Waals surface area contributed by atoms with Crippen molar-refractivity contribution in [3.05, 3.63) is 124 Å². The Morgan fingerprint density at radius 2 is 1.73 bits per heavy atom. The highest BCUT2D eigenvalue weighted by molar-refractivity contribution is 5.74. The normalized spacial score (nSPS) is 17.7. The van der Waals surface area contributed by atoms with E-state index in [0.717, 1.165) is 52.8 Å². The topological polar surface area (TPSA) is 83.6 Å². The second-order valence-electron chi connectivity index (χ2n) is 11.6. The molecule has 224 valence electrons. The number of carbonyl (C=O) groups is 1. The molecule has 0 radical (unpaired) electrons. The maximum atomic E-state index is 12.0. The van der Waals surface area contributed by atoms with E-state index < -0.39 is 18.1 Å². The molecule has 2 atom stereocenters. The average Bonchev–Trinajstić information content (AvgIpc) is 3.68. The molecule has 7 nitrogen and oxygen atoms in total. The van der Waals surface area contributed by atoms with E-state index >= 15 is 0 Å². The maximum absolute atomic E-state index is 12.0. The van der Waals surface area contributed by atoms with Gasteiger partial charge in [-0.25, -0.2) is 4.85 Å². The highest BCUT2D eigenvalue weighted by Crippen LogP contribution is 2.41. The summed E-state index contributed by atoms with van der Waals surface area (Å²) in [6.45, 7) is 10.8. The Bertz CT molecular complexity index is 1710.